The number of benzene rings is 2. The number of methoxy groups -OCH3 is 1. The lowest BCUT2D eigenvalue weighted by Crippen LogP contribution is -2.57. The Labute approximate surface area is 264 Å². The van der Waals surface area contributed by atoms with E-state index in [1.807, 2.05) is 0 Å². The van der Waals surface area contributed by atoms with Crippen LogP contribution in [0.3, 0.4) is 0 Å². The highest BCUT2D eigenvalue weighted by Crippen LogP contribution is 2.33. The maximum atomic E-state index is 13.5. The summed E-state index contributed by atoms with van der Waals surface area (Å²) in [4.78, 5) is 19.5. The molecule has 0 radical (unpaired) electrons. The molecule has 2 aromatic carbocycles. The van der Waals surface area contributed by atoms with Crippen LogP contribution in [-0.4, -0.2) is 98.9 Å². The minimum absolute atomic E-state index is 0. The molecule has 0 unspecified atom stereocenters. The van der Waals surface area contributed by atoms with Crippen LogP contribution in [-0.2, 0) is 28.2 Å². The number of hydrogen-bond donors (Lipinski definition) is 0. The lowest BCUT2D eigenvalue weighted by molar-refractivity contribution is -0.138. The first-order valence-corrected chi connectivity index (χ1v) is 13.6. The lowest BCUT2D eigenvalue weighted by atomic mass is 9.99. The molecule has 2 atom stereocenters. The van der Waals surface area contributed by atoms with Crippen molar-refractivity contribution in [1.29, 1.82) is 0 Å². The first-order valence-electron chi connectivity index (χ1n) is 13.2. The van der Waals surface area contributed by atoms with Crippen molar-refractivity contribution in [3.63, 3.8) is 0 Å². The highest BCUT2D eigenvalue weighted by Gasteiger charge is 2.35. The molecule has 0 aliphatic carbocycles. The number of carbonyl (C=O) groups is 1. The maximum Gasteiger partial charge on any atom is 0.416 e. The van der Waals surface area contributed by atoms with Crippen LogP contribution in [0.2, 0.25) is 5.02 Å². The molecule has 2 fully saturated rings. The third-order valence-electron chi connectivity index (χ3n) is 7.36. The van der Waals surface area contributed by atoms with Crippen molar-refractivity contribution >= 4 is 42.3 Å². The van der Waals surface area contributed by atoms with Gasteiger partial charge < -0.3 is 14.4 Å². The number of halogens is 9. The van der Waals surface area contributed by atoms with Gasteiger partial charge >= 0.3 is 12.4 Å². The van der Waals surface area contributed by atoms with Crippen LogP contribution in [0.5, 0.6) is 0 Å². The van der Waals surface area contributed by atoms with Crippen LogP contribution in [0.4, 0.5) is 26.3 Å². The van der Waals surface area contributed by atoms with Gasteiger partial charge in [0.05, 0.1) is 30.4 Å². The molecule has 2 saturated heterocycles. The van der Waals surface area contributed by atoms with Gasteiger partial charge in [0.2, 0.25) is 0 Å². The smallest absolute Gasteiger partial charge is 0.382 e. The summed E-state index contributed by atoms with van der Waals surface area (Å²) in [5.41, 5.74) is -1.41. The van der Waals surface area contributed by atoms with Crippen LogP contribution >= 0.6 is 36.4 Å². The fraction of sp³-hybridized carbons (Fsp3) is 0.536. The molecule has 6 nitrogen and oxygen atoms in total. The van der Waals surface area contributed by atoms with Gasteiger partial charge in [-0.3, -0.25) is 14.6 Å². The van der Waals surface area contributed by atoms with E-state index < -0.39 is 35.4 Å². The average molecular weight is 681 g/mol. The molecule has 4 rings (SSSR count). The Morgan fingerprint density at radius 2 is 1.53 bits per heavy atom. The van der Waals surface area contributed by atoms with Gasteiger partial charge in [-0.15, -0.1) is 24.8 Å². The lowest BCUT2D eigenvalue weighted by Gasteiger charge is -2.42. The molecule has 2 aliphatic rings. The number of ether oxygens (including phenoxy) is 2. The van der Waals surface area contributed by atoms with Gasteiger partial charge in [-0.05, 0) is 42.3 Å². The molecule has 43 heavy (non-hydrogen) atoms. The molecule has 0 N–H and O–H groups in total. The van der Waals surface area contributed by atoms with Crippen LogP contribution in [0.15, 0.2) is 42.5 Å². The second kappa shape index (κ2) is 16.0. The minimum atomic E-state index is -4.68. The topological polar surface area (TPSA) is 45.2 Å². The Bertz CT molecular complexity index is 1190. The summed E-state index contributed by atoms with van der Waals surface area (Å²) in [6.07, 6.45) is -8.94. The maximum absolute atomic E-state index is 13.5. The monoisotopic (exact) mass is 679 g/mol. The van der Waals surface area contributed by atoms with Crippen LogP contribution in [0.1, 0.15) is 27.0 Å². The van der Waals surface area contributed by atoms with Crippen molar-refractivity contribution < 1.29 is 40.6 Å². The Morgan fingerprint density at radius 3 is 2.14 bits per heavy atom. The van der Waals surface area contributed by atoms with Crippen LogP contribution in [0, 0.1) is 0 Å². The number of piperazine rings is 1. The minimum Gasteiger partial charge on any atom is -0.382 e. The summed E-state index contributed by atoms with van der Waals surface area (Å²) in [7, 11) is 1.62. The molecule has 0 aromatic heterocycles. The molecule has 2 aromatic rings. The van der Waals surface area contributed by atoms with E-state index in [-0.39, 0.29) is 54.5 Å². The molecule has 1 amide bonds. The van der Waals surface area contributed by atoms with Crippen molar-refractivity contribution in [2.45, 2.75) is 30.9 Å². The zero-order chi connectivity index (χ0) is 29.8. The van der Waals surface area contributed by atoms with Crippen molar-refractivity contribution in [2.75, 3.05) is 66.1 Å². The van der Waals surface area contributed by atoms with E-state index in [9.17, 15) is 31.1 Å². The summed E-state index contributed by atoms with van der Waals surface area (Å²) in [6.45, 7) is 5.14. The second-order valence-corrected chi connectivity index (χ2v) is 10.8. The summed E-state index contributed by atoms with van der Waals surface area (Å²) in [5.74, 6) is -0.606. The van der Waals surface area contributed by atoms with E-state index in [0.29, 0.717) is 38.4 Å². The highest BCUT2D eigenvalue weighted by molar-refractivity contribution is 6.31. The summed E-state index contributed by atoms with van der Waals surface area (Å²) < 4.78 is 90.3. The van der Waals surface area contributed by atoms with Gasteiger partial charge in [0.15, 0.2) is 0 Å². The van der Waals surface area contributed by atoms with Gasteiger partial charge in [-0.25, -0.2) is 0 Å². The van der Waals surface area contributed by atoms with Gasteiger partial charge in [0.1, 0.15) is 0 Å². The number of rotatable bonds is 8. The van der Waals surface area contributed by atoms with Crippen molar-refractivity contribution in [3.8, 4) is 0 Å². The predicted octanol–water partition coefficient (Wildman–Crippen LogP) is 5.94. The van der Waals surface area contributed by atoms with Crippen molar-refractivity contribution in [2.24, 2.45) is 0 Å². The number of carbonyl (C=O) groups excluding carboxylic acids is 1. The average Bonchev–Trinajstić information content (AvgIpc) is 2.91. The standard InChI is InChI=1S/C28H32ClF6N3O3.2ClH/c1-40-18-25-17-37(10-11-41-25)7-6-36-8-9-38(26(39)20-13-22(28(33,34)35)15-23(29)14-20)24(16-36)12-19-2-4-21(5-3-19)27(30,31)32;;/h2-5,13-15,24-25H,6-12,16-18H2,1H3;2*1H/t24-,25+;;/m1../s1. The van der Waals surface area contributed by atoms with E-state index in [4.69, 9.17) is 21.1 Å². The number of alkyl halides is 6. The van der Waals surface area contributed by atoms with Crippen molar-refractivity contribution in [3.05, 3.63) is 69.7 Å². The summed E-state index contributed by atoms with van der Waals surface area (Å²) >= 11 is 5.93. The van der Waals surface area contributed by atoms with Gasteiger partial charge in [-0.1, -0.05) is 23.7 Å². The Kier molecular flexibility index (Phi) is 13.9. The van der Waals surface area contributed by atoms with E-state index in [1.54, 1.807) is 7.11 Å². The third-order valence-corrected chi connectivity index (χ3v) is 7.58. The van der Waals surface area contributed by atoms with E-state index in [2.05, 4.69) is 9.80 Å². The Morgan fingerprint density at radius 1 is 0.907 bits per heavy atom. The molecule has 0 spiro atoms. The van der Waals surface area contributed by atoms with Gasteiger partial charge in [0, 0.05) is 69.6 Å². The van der Waals surface area contributed by atoms with Gasteiger partial charge in [-0.2, -0.15) is 26.3 Å². The Balaban J connectivity index is 0.00000323. The number of morpholine rings is 1. The fourth-order valence-electron chi connectivity index (χ4n) is 5.26. The fourth-order valence-corrected chi connectivity index (χ4v) is 5.50. The largest absolute Gasteiger partial charge is 0.416 e. The first-order chi connectivity index (χ1) is 19.3. The molecule has 242 valence electrons. The highest BCUT2D eigenvalue weighted by atomic mass is 35.5. The van der Waals surface area contributed by atoms with E-state index in [1.165, 1.54) is 23.1 Å². The number of hydrogen-bond acceptors (Lipinski definition) is 5. The third kappa shape index (κ3) is 10.4. The van der Waals surface area contributed by atoms with Crippen LogP contribution in [0.25, 0.3) is 0 Å². The molecular weight excluding hydrogens is 647 g/mol. The molecule has 15 heteroatoms. The van der Waals surface area contributed by atoms with E-state index in [0.717, 1.165) is 43.9 Å². The van der Waals surface area contributed by atoms with Crippen molar-refractivity contribution in [1.82, 2.24) is 14.7 Å². The molecule has 0 saturated carbocycles. The molecular formula is C28H34Cl3F6N3O3. The zero-order valence-corrected chi connectivity index (χ0v) is 25.7. The molecule has 0 bridgehead atoms. The Hall–Kier alpha value is -1.80. The van der Waals surface area contributed by atoms with Crippen LogP contribution < -0.4 is 0 Å². The van der Waals surface area contributed by atoms with Gasteiger partial charge in [0.25, 0.3) is 5.91 Å². The second-order valence-electron chi connectivity index (χ2n) is 10.3. The predicted molar refractivity (Wildman–Crippen MR) is 155 cm³/mol. The normalized spacial score (nSPS) is 20.3. The summed E-state index contributed by atoms with van der Waals surface area (Å²) in [5, 5.41) is -0.210. The quantitative estimate of drug-likeness (QED) is 0.324. The summed E-state index contributed by atoms with van der Waals surface area (Å²) in [6, 6.07) is 6.99. The zero-order valence-electron chi connectivity index (χ0n) is 23.3. The number of amides is 1. The molecule has 2 aliphatic heterocycles. The first kappa shape index (κ1) is 37.4. The SMILES string of the molecule is COC[C@@H]1CN(CCN2CCN(C(=O)c3cc(Cl)cc(C(F)(F)F)c3)[C@H](Cc3ccc(C(F)(F)F)cc3)C2)CCO1.Cl.Cl. The number of nitrogens with zero attached hydrogens (tertiary/aromatic N) is 3. The van der Waals surface area contributed by atoms with E-state index >= 15 is 0 Å². The molecule has 2 heterocycles.